The van der Waals surface area contributed by atoms with Gasteiger partial charge in [-0.15, -0.1) is 0 Å². The summed E-state index contributed by atoms with van der Waals surface area (Å²) in [6, 6.07) is 9.32. The van der Waals surface area contributed by atoms with Gasteiger partial charge in [0.15, 0.2) is 11.9 Å². The third-order valence-corrected chi connectivity index (χ3v) is 3.80. The minimum Gasteiger partial charge on any atom is -0.449 e. The molecule has 0 spiro atoms. The highest BCUT2D eigenvalue weighted by Gasteiger charge is 2.18. The van der Waals surface area contributed by atoms with Crippen molar-refractivity contribution in [1.82, 2.24) is 19.9 Å². The molecule has 1 aromatic carbocycles. The lowest BCUT2D eigenvalue weighted by atomic mass is 10.1. The van der Waals surface area contributed by atoms with Crippen molar-refractivity contribution in [2.45, 2.75) is 40.3 Å². The number of nitrogens with zero attached hydrogens (tertiary/aromatic N) is 4. The summed E-state index contributed by atoms with van der Waals surface area (Å²) in [5.74, 6) is 0.361. The smallest absolute Gasteiger partial charge is 0.338 e. The van der Waals surface area contributed by atoms with Gasteiger partial charge in [-0.25, -0.2) is 4.79 Å². The van der Waals surface area contributed by atoms with Crippen LogP contribution in [0.4, 0.5) is 0 Å². The fourth-order valence-corrected chi connectivity index (χ4v) is 2.51. The molecule has 0 saturated carbocycles. The Balaban J connectivity index is 1.65. The number of benzene rings is 1. The number of esters is 1. The molecular formula is C18H20N4O3. The number of carbonyl (C=O) groups excluding carboxylic acids is 1. The van der Waals surface area contributed by atoms with Gasteiger partial charge in [-0.3, -0.25) is 4.68 Å². The molecule has 3 aromatic rings. The van der Waals surface area contributed by atoms with E-state index in [9.17, 15) is 4.79 Å². The first-order valence-electron chi connectivity index (χ1n) is 8.03. The average molecular weight is 340 g/mol. The Morgan fingerprint density at radius 2 is 1.96 bits per heavy atom. The molecule has 0 saturated heterocycles. The first-order chi connectivity index (χ1) is 11.9. The predicted molar refractivity (Wildman–Crippen MR) is 90.1 cm³/mol. The molecule has 25 heavy (non-hydrogen) atoms. The van der Waals surface area contributed by atoms with Crippen molar-refractivity contribution in [2.75, 3.05) is 0 Å². The second kappa shape index (κ2) is 6.88. The summed E-state index contributed by atoms with van der Waals surface area (Å²) in [4.78, 5) is 16.3. The molecule has 0 unspecified atom stereocenters. The molecule has 0 aliphatic rings. The molecule has 0 radical (unpaired) electrons. The van der Waals surface area contributed by atoms with Crippen LogP contribution >= 0.6 is 0 Å². The monoisotopic (exact) mass is 340 g/mol. The zero-order valence-electron chi connectivity index (χ0n) is 14.7. The van der Waals surface area contributed by atoms with E-state index in [0.29, 0.717) is 17.9 Å². The Labute approximate surface area is 145 Å². The van der Waals surface area contributed by atoms with E-state index in [1.807, 2.05) is 36.7 Å². The van der Waals surface area contributed by atoms with Crippen molar-refractivity contribution in [1.29, 1.82) is 0 Å². The molecule has 0 amide bonds. The molecule has 3 rings (SSSR count). The van der Waals surface area contributed by atoms with Crippen molar-refractivity contribution >= 4 is 5.97 Å². The summed E-state index contributed by atoms with van der Waals surface area (Å²) in [5, 5.41) is 8.13. The molecule has 7 heteroatoms. The molecule has 0 bridgehead atoms. The minimum atomic E-state index is -0.594. The van der Waals surface area contributed by atoms with Crippen molar-refractivity contribution < 1.29 is 14.1 Å². The van der Waals surface area contributed by atoms with Gasteiger partial charge in [-0.05, 0) is 51.5 Å². The second-order valence-corrected chi connectivity index (χ2v) is 6.01. The highest BCUT2D eigenvalue weighted by Crippen LogP contribution is 2.17. The van der Waals surface area contributed by atoms with Crippen LogP contribution in [0.3, 0.4) is 0 Å². The van der Waals surface area contributed by atoms with Crippen molar-refractivity contribution in [3.63, 3.8) is 0 Å². The summed E-state index contributed by atoms with van der Waals surface area (Å²) >= 11 is 0. The van der Waals surface area contributed by atoms with Crippen LogP contribution in [-0.4, -0.2) is 25.9 Å². The van der Waals surface area contributed by atoms with E-state index < -0.39 is 12.1 Å². The van der Waals surface area contributed by atoms with E-state index >= 15 is 0 Å². The number of ether oxygens (including phenoxy) is 1. The first-order valence-corrected chi connectivity index (χ1v) is 8.03. The van der Waals surface area contributed by atoms with Crippen LogP contribution in [0, 0.1) is 20.8 Å². The predicted octanol–water partition coefficient (Wildman–Crippen LogP) is 3.16. The third-order valence-electron chi connectivity index (χ3n) is 3.80. The van der Waals surface area contributed by atoms with Crippen LogP contribution < -0.4 is 0 Å². The Kier molecular flexibility index (Phi) is 4.65. The van der Waals surface area contributed by atoms with Gasteiger partial charge in [0.05, 0.1) is 17.8 Å². The highest BCUT2D eigenvalue weighted by atomic mass is 16.6. The first kappa shape index (κ1) is 16.9. The molecule has 1 atom stereocenters. The van der Waals surface area contributed by atoms with Gasteiger partial charge >= 0.3 is 5.97 Å². The third kappa shape index (κ3) is 3.93. The number of hydrogen-bond acceptors (Lipinski definition) is 6. The topological polar surface area (TPSA) is 83.0 Å². The van der Waals surface area contributed by atoms with Crippen molar-refractivity contribution in [2.24, 2.45) is 0 Å². The maximum absolute atomic E-state index is 12.2. The summed E-state index contributed by atoms with van der Waals surface area (Å²) in [7, 11) is 0. The van der Waals surface area contributed by atoms with Crippen LogP contribution in [0.25, 0.3) is 0 Å². The van der Waals surface area contributed by atoms with Gasteiger partial charge in [-0.1, -0.05) is 17.3 Å². The van der Waals surface area contributed by atoms with E-state index in [-0.39, 0.29) is 5.89 Å². The zero-order valence-corrected chi connectivity index (χ0v) is 14.7. The lowest BCUT2D eigenvalue weighted by Crippen LogP contribution is -2.10. The number of rotatable bonds is 5. The van der Waals surface area contributed by atoms with Crippen LogP contribution in [0.15, 0.2) is 34.9 Å². The standard InChI is InChI=1S/C18H20N4O3/c1-11-9-12(2)22(20-11)10-15-5-7-16(8-6-15)18(23)24-13(3)17-19-14(4)21-25-17/h5-9,13H,10H2,1-4H3/t13-/m1/s1. The Morgan fingerprint density at radius 1 is 1.24 bits per heavy atom. The molecule has 0 aliphatic heterocycles. The molecule has 0 fully saturated rings. The van der Waals surface area contributed by atoms with E-state index in [4.69, 9.17) is 9.26 Å². The molecule has 2 heterocycles. The van der Waals surface area contributed by atoms with Gasteiger partial charge in [-0.2, -0.15) is 10.1 Å². The largest absolute Gasteiger partial charge is 0.449 e. The van der Waals surface area contributed by atoms with Crippen LogP contribution in [-0.2, 0) is 11.3 Å². The van der Waals surface area contributed by atoms with Crippen LogP contribution in [0.1, 0.15) is 52.1 Å². The quantitative estimate of drug-likeness (QED) is 0.664. The van der Waals surface area contributed by atoms with Crippen molar-refractivity contribution in [3.05, 3.63) is 64.6 Å². The Morgan fingerprint density at radius 3 is 2.52 bits per heavy atom. The molecule has 0 aliphatic carbocycles. The Bertz CT molecular complexity index is 880. The summed E-state index contributed by atoms with van der Waals surface area (Å²) in [5.41, 5.74) is 3.62. The molecule has 130 valence electrons. The highest BCUT2D eigenvalue weighted by molar-refractivity contribution is 5.89. The van der Waals surface area contributed by atoms with Crippen LogP contribution in [0.2, 0.25) is 0 Å². The van der Waals surface area contributed by atoms with E-state index in [2.05, 4.69) is 15.2 Å². The maximum atomic E-state index is 12.2. The summed E-state index contributed by atoms with van der Waals surface area (Å²) in [6.07, 6.45) is -0.594. The van der Waals surface area contributed by atoms with Gasteiger partial charge in [0.1, 0.15) is 0 Å². The zero-order chi connectivity index (χ0) is 18.0. The van der Waals surface area contributed by atoms with Gasteiger partial charge < -0.3 is 9.26 Å². The summed E-state index contributed by atoms with van der Waals surface area (Å²) in [6.45, 7) is 8.05. The second-order valence-electron chi connectivity index (χ2n) is 6.01. The average Bonchev–Trinajstić information content (AvgIpc) is 3.13. The van der Waals surface area contributed by atoms with Crippen LogP contribution in [0.5, 0.6) is 0 Å². The molecule has 2 aromatic heterocycles. The van der Waals surface area contributed by atoms with Gasteiger partial charge in [0.25, 0.3) is 5.89 Å². The Hall–Kier alpha value is -2.96. The SMILES string of the molecule is Cc1cc(C)n(Cc2ccc(C(=O)O[C@H](C)c3nc(C)no3)cc2)n1. The fraction of sp³-hybridized carbons (Fsp3) is 0.333. The van der Waals surface area contributed by atoms with E-state index in [1.165, 1.54) is 0 Å². The normalized spacial score (nSPS) is 12.2. The lowest BCUT2D eigenvalue weighted by Gasteiger charge is -2.10. The van der Waals surface area contributed by atoms with Crippen molar-refractivity contribution in [3.8, 4) is 0 Å². The molecule has 0 N–H and O–H groups in total. The minimum absolute atomic E-state index is 0.284. The van der Waals surface area contributed by atoms with E-state index in [0.717, 1.165) is 17.0 Å². The molecule has 7 nitrogen and oxygen atoms in total. The summed E-state index contributed by atoms with van der Waals surface area (Å²) < 4.78 is 12.3. The van der Waals surface area contributed by atoms with E-state index in [1.54, 1.807) is 26.0 Å². The molecular weight excluding hydrogens is 320 g/mol. The van der Waals surface area contributed by atoms with Gasteiger partial charge in [0.2, 0.25) is 0 Å². The number of aromatic nitrogens is 4. The number of hydrogen-bond donors (Lipinski definition) is 0. The number of aryl methyl sites for hydroxylation is 3. The van der Waals surface area contributed by atoms with Gasteiger partial charge in [0, 0.05) is 5.69 Å². The number of carbonyl (C=O) groups is 1. The fourth-order valence-electron chi connectivity index (χ4n) is 2.51. The maximum Gasteiger partial charge on any atom is 0.338 e. The lowest BCUT2D eigenvalue weighted by molar-refractivity contribution is 0.0265.